The molecule has 1 aromatic rings. The smallest absolute Gasteiger partial charge is 0.203 e. The van der Waals surface area contributed by atoms with E-state index in [1.165, 1.54) is 0 Å². The number of fused-ring (bicyclic) bond motifs is 1. The minimum atomic E-state index is -0.657. The van der Waals surface area contributed by atoms with Crippen molar-refractivity contribution in [3.63, 3.8) is 0 Å². The number of aliphatic hydroxyl groups is 1. The molecule has 1 saturated heterocycles. The first-order valence-electron chi connectivity index (χ1n) is 9.21. The molecule has 3 rings (SSSR count). The van der Waals surface area contributed by atoms with Gasteiger partial charge in [-0.05, 0) is 37.0 Å². The minimum Gasteiger partial charge on any atom is -0.493 e. The van der Waals surface area contributed by atoms with Crippen LogP contribution in [0.2, 0.25) is 0 Å². The molecule has 1 aliphatic carbocycles. The second-order valence-electron chi connectivity index (χ2n) is 7.24. The molecule has 0 unspecified atom stereocenters. The maximum Gasteiger partial charge on any atom is 0.203 e. The van der Waals surface area contributed by atoms with Crippen molar-refractivity contribution in [2.24, 2.45) is 5.92 Å². The standard InChI is InChI=1S/C20H28N2O4/c1-24-16-12-14(13-17(25-2)19(16)26-3)18-15-6-4-5-7-20(15,23)8-10-22(18)11-9-21/h12-13,15,18,23H,4-8,10-11H2,1-3H3/t15-,18-,20+/m1/s1. The molecule has 0 spiro atoms. The second-order valence-corrected chi connectivity index (χ2v) is 7.24. The molecule has 1 N–H and O–H groups in total. The van der Waals surface area contributed by atoms with Gasteiger partial charge in [0.25, 0.3) is 0 Å². The average molecular weight is 360 g/mol. The number of nitriles is 1. The van der Waals surface area contributed by atoms with Gasteiger partial charge in [-0.2, -0.15) is 5.26 Å². The van der Waals surface area contributed by atoms with E-state index < -0.39 is 5.60 Å². The van der Waals surface area contributed by atoms with Crippen LogP contribution in [0.15, 0.2) is 12.1 Å². The molecule has 3 atom stereocenters. The molecular formula is C20H28N2O4. The van der Waals surface area contributed by atoms with Crippen LogP contribution in [-0.4, -0.2) is 50.0 Å². The lowest BCUT2D eigenvalue weighted by Crippen LogP contribution is -2.54. The highest BCUT2D eigenvalue weighted by molar-refractivity contribution is 5.54. The lowest BCUT2D eigenvalue weighted by molar-refractivity contribution is -0.121. The highest BCUT2D eigenvalue weighted by atomic mass is 16.5. The maximum absolute atomic E-state index is 11.3. The van der Waals surface area contributed by atoms with Crippen LogP contribution in [0.4, 0.5) is 0 Å². The average Bonchev–Trinajstić information content (AvgIpc) is 2.66. The summed E-state index contributed by atoms with van der Waals surface area (Å²) in [6, 6.07) is 6.15. The van der Waals surface area contributed by atoms with Crippen LogP contribution in [-0.2, 0) is 0 Å². The van der Waals surface area contributed by atoms with Gasteiger partial charge in [0.15, 0.2) is 11.5 Å². The van der Waals surface area contributed by atoms with Gasteiger partial charge in [0.1, 0.15) is 0 Å². The normalized spacial score (nSPS) is 28.7. The number of benzene rings is 1. The zero-order valence-electron chi connectivity index (χ0n) is 15.8. The number of hydrogen-bond donors (Lipinski definition) is 1. The van der Waals surface area contributed by atoms with Crippen molar-refractivity contribution in [2.45, 2.75) is 43.7 Å². The molecule has 0 radical (unpaired) electrons. The van der Waals surface area contributed by atoms with Gasteiger partial charge in [-0.25, -0.2) is 0 Å². The number of piperidine rings is 1. The number of methoxy groups -OCH3 is 3. The molecule has 2 fully saturated rings. The molecule has 26 heavy (non-hydrogen) atoms. The molecule has 6 nitrogen and oxygen atoms in total. The van der Waals surface area contributed by atoms with Crippen LogP contribution in [0.25, 0.3) is 0 Å². The van der Waals surface area contributed by atoms with E-state index in [-0.39, 0.29) is 12.0 Å². The summed E-state index contributed by atoms with van der Waals surface area (Å²) in [5, 5.41) is 20.6. The molecule has 0 amide bonds. The fraction of sp³-hybridized carbons (Fsp3) is 0.650. The summed E-state index contributed by atoms with van der Waals surface area (Å²) >= 11 is 0. The summed E-state index contributed by atoms with van der Waals surface area (Å²) in [6.07, 6.45) is 4.68. The Kier molecular flexibility index (Phi) is 5.59. The lowest BCUT2D eigenvalue weighted by Gasteiger charge is -2.52. The van der Waals surface area contributed by atoms with Gasteiger partial charge in [-0.15, -0.1) is 0 Å². The molecule has 1 heterocycles. The molecule has 0 aromatic heterocycles. The Hall–Kier alpha value is -1.97. The van der Waals surface area contributed by atoms with Crippen molar-refractivity contribution < 1.29 is 19.3 Å². The van der Waals surface area contributed by atoms with Gasteiger partial charge < -0.3 is 19.3 Å². The topological polar surface area (TPSA) is 75.0 Å². The van der Waals surface area contributed by atoms with Crippen LogP contribution in [0.5, 0.6) is 17.2 Å². The summed E-state index contributed by atoms with van der Waals surface area (Å²) in [5.74, 6) is 1.86. The minimum absolute atomic E-state index is 0.0394. The Balaban J connectivity index is 2.08. The highest BCUT2D eigenvalue weighted by Crippen LogP contribution is 2.51. The van der Waals surface area contributed by atoms with Gasteiger partial charge in [0, 0.05) is 18.5 Å². The van der Waals surface area contributed by atoms with Crippen molar-refractivity contribution in [2.75, 3.05) is 34.4 Å². The van der Waals surface area contributed by atoms with Crippen LogP contribution >= 0.6 is 0 Å². The molecule has 0 bridgehead atoms. The molecule has 1 aliphatic heterocycles. The first kappa shape index (κ1) is 18.8. The van der Waals surface area contributed by atoms with Crippen molar-refractivity contribution in [3.8, 4) is 23.3 Å². The van der Waals surface area contributed by atoms with Crippen molar-refractivity contribution >= 4 is 0 Å². The van der Waals surface area contributed by atoms with E-state index in [9.17, 15) is 10.4 Å². The van der Waals surface area contributed by atoms with Gasteiger partial charge in [0.05, 0.1) is 39.5 Å². The van der Waals surface area contributed by atoms with Crippen molar-refractivity contribution in [1.82, 2.24) is 4.90 Å². The van der Waals surface area contributed by atoms with E-state index in [1.807, 2.05) is 12.1 Å². The predicted octanol–water partition coefficient (Wildman–Crippen LogP) is 2.90. The Bertz CT molecular complexity index is 662. The Morgan fingerprint density at radius 3 is 2.42 bits per heavy atom. The van der Waals surface area contributed by atoms with Gasteiger partial charge >= 0.3 is 0 Å². The largest absolute Gasteiger partial charge is 0.493 e. The third-order valence-electron chi connectivity index (χ3n) is 5.97. The quantitative estimate of drug-likeness (QED) is 0.814. The van der Waals surface area contributed by atoms with Gasteiger partial charge in [0.2, 0.25) is 5.75 Å². The lowest BCUT2D eigenvalue weighted by atomic mass is 9.66. The summed E-state index contributed by atoms with van der Waals surface area (Å²) in [5.41, 5.74) is 0.342. The first-order valence-corrected chi connectivity index (χ1v) is 9.21. The highest BCUT2D eigenvalue weighted by Gasteiger charge is 2.49. The molecule has 6 heteroatoms. The van der Waals surface area contributed by atoms with E-state index in [0.717, 1.165) is 37.7 Å². The van der Waals surface area contributed by atoms with Crippen molar-refractivity contribution in [1.29, 1.82) is 5.26 Å². The third-order valence-corrected chi connectivity index (χ3v) is 5.97. The molecule has 1 aromatic carbocycles. The number of hydrogen-bond acceptors (Lipinski definition) is 6. The van der Waals surface area contributed by atoms with Crippen LogP contribution < -0.4 is 14.2 Å². The zero-order chi connectivity index (χ0) is 18.7. The van der Waals surface area contributed by atoms with Crippen LogP contribution in [0.3, 0.4) is 0 Å². The monoisotopic (exact) mass is 360 g/mol. The second kappa shape index (κ2) is 7.73. The summed E-state index contributed by atoms with van der Waals surface area (Å²) < 4.78 is 16.5. The van der Waals surface area contributed by atoms with E-state index in [4.69, 9.17) is 14.2 Å². The van der Waals surface area contributed by atoms with Gasteiger partial charge in [-0.1, -0.05) is 12.8 Å². The summed E-state index contributed by atoms with van der Waals surface area (Å²) in [4.78, 5) is 2.17. The summed E-state index contributed by atoms with van der Waals surface area (Å²) in [6.45, 7) is 1.05. The molecular weight excluding hydrogens is 332 g/mol. The van der Waals surface area contributed by atoms with E-state index >= 15 is 0 Å². The Labute approximate surface area is 155 Å². The molecule has 142 valence electrons. The van der Waals surface area contributed by atoms with Crippen LogP contribution in [0.1, 0.15) is 43.7 Å². The van der Waals surface area contributed by atoms with Gasteiger partial charge in [-0.3, -0.25) is 4.90 Å². The van der Waals surface area contributed by atoms with Crippen LogP contribution in [0, 0.1) is 17.2 Å². The van der Waals surface area contributed by atoms with E-state index in [1.54, 1.807) is 21.3 Å². The molecule has 2 aliphatic rings. The fourth-order valence-corrected chi connectivity index (χ4v) is 4.73. The number of ether oxygens (including phenoxy) is 3. The first-order chi connectivity index (χ1) is 12.6. The number of likely N-dealkylation sites (tertiary alicyclic amines) is 1. The van der Waals surface area contributed by atoms with E-state index in [0.29, 0.717) is 30.3 Å². The Morgan fingerprint density at radius 2 is 1.85 bits per heavy atom. The van der Waals surface area contributed by atoms with E-state index in [2.05, 4.69) is 11.0 Å². The number of rotatable bonds is 5. The van der Waals surface area contributed by atoms with Crippen molar-refractivity contribution in [3.05, 3.63) is 17.7 Å². The summed E-state index contributed by atoms with van der Waals surface area (Å²) in [7, 11) is 4.79. The number of nitrogens with zero attached hydrogens (tertiary/aromatic N) is 2. The zero-order valence-corrected chi connectivity index (χ0v) is 15.8. The third kappa shape index (κ3) is 3.22. The SMILES string of the molecule is COc1cc([C@@H]2[C@H]3CCCC[C@]3(O)CCN2CC#N)cc(OC)c1OC. The Morgan fingerprint density at radius 1 is 1.15 bits per heavy atom. The predicted molar refractivity (Wildman–Crippen MR) is 97.5 cm³/mol. The molecule has 1 saturated carbocycles. The fourth-order valence-electron chi connectivity index (χ4n) is 4.73. The maximum atomic E-state index is 11.3.